The fourth-order valence-electron chi connectivity index (χ4n) is 1.80. The Balaban J connectivity index is 2.33. The van der Waals surface area contributed by atoms with E-state index in [9.17, 15) is 4.79 Å². The molecule has 76 valence electrons. The van der Waals surface area contributed by atoms with Crippen molar-refractivity contribution in [1.82, 2.24) is 4.98 Å². The van der Waals surface area contributed by atoms with Gasteiger partial charge in [-0.15, -0.1) is 11.3 Å². The molecule has 14 heavy (non-hydrogen) atoms. The van der Waals surface area contributed by atoms with Gasteiger partial charge in [0, 0.05) is 11.1 Å². The zero-order valence-electron chi connectivity index (χ0n) is 8.37. The van der Waals surface area contributed by atoms with E-state index in [2.05, 4.69) is 4.98 Å². The Morgan fingerprint density at radius 1 is 1.64 bits per heavy atom. The highest BCUT2D eigenvalue weighted by atomic mass is 32.1. The maximum Gasteiger partial charge on any atom is 0.318 e. The Hall–Kier alpha value is -0.900. The Bertz CT molecular complexity index is 355. The first-order valence-corrected chi connectivity index (χ1v) is 5.58. The molecule has 0 N–H and O–H groups in total. The summed E-state index contributed by atoms with van der Waals surface area (Å²) in [5, 5.41) is 2.91. The van der Waals surface area contributed by atoms with E-state index in [0.717, 1.165) is 30.0 Å². The molecular formula is C10H13NO2S. The molecule has 0 saturated heterocycles. The number of ether oxygens (including phenoxy) is 1. The summed E-state index contributed by atoms with van der Waals surface area (Å²) in [5.74, 6) is -0.127. The monoisotopic (exact) mass is 211 g/mol. The minimum Gasteiger partial charge on any atom is -0.468 e. The number of hydrogen-bond acceptors (Lipinski definition) is 4. The van der Waals surface area contributed by atoms with Crippen molar-refractivity contribution >= 4 is 17.3 Å². The topological polar surface area (TPSA) is 39.2 Å². The number of aryl methyl sites for hydroxylation is 1. The van der Waals surface area contributed by atoms with Crippen LogP contribution in [0, 0.1) is 6.92 Å². The minimum absolute atomic E-state index is 0.127. The van der Waals surface area contributed by atoms with Gasteiger partial charge in [0.1, 0.15) is 10.4 Å². The van der Waals surface area contributed by atoms with Crippen molar-refractivity contribution in [2.45, 2.75) is 31.6 Å². The number of aromatic nitrogens is 1. The number of hydrogen-bond donors (Lipinski definition) is 0. The first-order valence-electron chi connectivity index (χ1n) is 4.70. The van der Waals surface area contributed by atoms with Gasteiger partial charge < -0.3 is 4.74 Å². The van der Waals surface area contributed by atoms with Gasteiger partial charge in [0.15, 0.2) is 0 Å². The van der Waals surface area contributed by atoms with Crippen LogP contribution >= 0.6 is 11.3 Å². The molecule has 0 amide bonds. The van der Waals surface area contributed by atoms with E-state index in [4.69, 9.17) is 4.74 Å². The second-order valence-corrected chi connectivity index (χ2v) is 4.58. The summed E-state index contributed by atoms with van der Waals surface area (Å²) in [6, 6.07) is 0. The van der Waals surface area contributed by atoms with Crippen LogP contribution in [-0.4, -0.2) is 18.1 Å². The van der Waals surface area contributed by atoms with Crippen LogP contribution in [0.15, 0.2) is 5.38 Å². The molecule has 0 aromatic carbocycles. The highest BCUT2D eigenvalue weighted by Crippen LogP contribution is 2.45. The summed E-state index contributed by atoms with van der Waals surface area (Å²) in [6.45, 7) is 1.95. The van der Waals surface area contributed by atoms with Crippen molar-refractivity contribution in [3.63, 3.8) is 0 Å². The lowest BCUT2D eigenvalue weighted by atomic mass is 9.69. The Labute approximate surface area is 87.1 Å². The van der Waals surface area contributed by atoms with Crippen LogP contribution < -0.4 is 0 Å². The second kappa shape index (κ2) is 3.35. The summed E-state index contributed by atoms with van der Waals surface area (Å²) < 4.78 is 4.85. The number of carbonyl (C=O) groups excluding carboxylic acids is 1. The number of methoxy groups -OCH3 is 1. The SMILES string of the molecule is COC(=O)C1(c2nc(C)cs2)CCC1. The van der Waals surface area contributed by atoms with Gasteiger partial charge in [0.05, 0.1) is 7.11 Å². The van der Waals surface area contributed by atoms with Crippen molar-refractivity contribution in [2.75, 3.05) is 7.11 Å². The predicted molar refractivity (Wildman–Crippen MR) is 54.4 cm³/mol. The lowest BCUT2D eigenvalue weighted by molar-refractivity contribution is -0.151. The summed E-state index contributed by atoms with van der Waals surface area (Å²) in [6.07, 6.45) is 2.85. The number of thiazole rings is 1. The first kappa shape index (κ1) is 9.65. The van der Waals surface area contributed by atoms with Gasteiger partial charge in [-0.1, -0.05) is 6.42 Å². The molecule has 3 nitrogen and oxygen atoms in total. The van der Waals surface area contributed by atoms with Crippen LogP contribution in [0.2, 0.25) is 0 Å². The molecule has 1 aromatic heterocycles. The molecule has 0 spiro atoms. The smallest absolute Gasteiger partial charge is 0.318 e. The van der Waals surface area contributed by atoms with Gasteiger partial charge in [-0.05, 0) is 19.8 Å². The normalized spacial score (nSPS) is 18.7. The molecule has 1 aromatic rings. The molecule has 0 unspecified atom stereocenters. The Morgan fingerprint density at radius 3 is 2.71 bits per heavy atom. The first-order chi connectivity index (χ1) is 6.69. The van der Waals surface area contributed by atoms with Crippen LogP contribution in [-0.2, 0) is 14.9 Å². The summed E-state index contributed by atoms with van der Waals surface area (Å²) in [5.41, 5.74) is 0.577. The van der Waals surface area contributed by atoms with Gasteiger partial charge in [0.2, 0.25) is 0 Å². The van der Waals surface area contributed by atoms with E-state index in [0.29, 0.717) is 0 Å². The third kappa shape index (κ3) is 1.25. The molecule has 0 radical (unpaired) electrons. The zero-order chi connectivity index (χ0) is 10.2. The molecule has 1 saturated carbocycles. The van der Waals surface area contributed by atoms with Crippen molar-refractivity contribution in [3.05, 3.63) is 16.1 Å². The van der Waals surface area contributed by atoms with E-state index < -0.39 is 5.41 Å². The number of rotatable bonds is 2. The molecule has 1 aliphatic carbocycles. The molecule has 2 rings (SSSR count). The van der Waals surface area contributed by atoms with Gasteiger partial charge in [-0.25, -0.2) is 4.98 Å². The van der Waals surface area contributed by atoms with Crippen LogP contribution in [0.1, 0.15) is 30.0 Å². The fraction of sp³-hybridized carbons (Fsp3) is 0.600. The lowest BCUT2D eigenvalue weighted by Crippen LogP contribution is -2.43. The van der Waals surface area contributed by atoms with Gasteiger partial charge in [-0.3, -0.25) is 4.79 Å². The molecule has 0 aliphatic heterocycles. The van der Waals surface area contributed by atoms with E-state index in [-0.39, 0.29) is 5.97 Å². The fourth-order valence-corrected chi connectivity index (χ4v) is 2.85. The third-order valence-corrected chi connectivity index (χ3v) is 3.98. The quantitative estimate of drug-likeness (QED) is 0.703. The van der Waals surface area contributed by atoms with Crippen LogP contribution in [0.25, 0.3) is 0 Å². The number of nitrogens with zero attached hydrogens (tertiary/aromatic N) is 1. The molecule has 0 bridgehead atoms. The average Bonchev–Trinajstić information content (AvgIpc) is 2.50. The molecule has 1 fully saturated rings. The van der Waals surface area contributed by atoms with Crippen molar-refractivity contribution in [3.8, 4) is 0 Å². The molecular weight excluding hydrogens is 198 g/mol. The van der Waals surface area contributed by atoms with Gasteiger partial charge in [0.25, 0.3) is 0 Å². The summed E-state index contributed by atoms with van der Waals surface area (Å²) >= 11 is 1.56. The van der Waals surface area contributed by atoms with Crippen LogP contribution in [0.5, 0.6) is 0 Å². The zero-order valence-corrected chi connectivity index (χ0v) is 9.19. The number of esters is 1. The Morgan fingerprint density at radius 2 is 2.36 bits per heavy atom. The maximum atomic E-state index is 11.7. The van der Waals surface area contributed by atoms with Crippen molar-refractivity contribution < 1.29 is 9.53 Å². The van der Waals surface area contributed by atoms with Crippen molar-refractivity contribution in [1.29, 1.82) is 0 Å². The third-order valence-electron chi connectivity index (χ3n) is 2.81. The van der Waals surface area contributed by atoms with E-state index in [1.165, 1.54) is 7.11 Å². The van der Waals surface area contributed by atoms with Gasteiger partial charge >= 0.3 is 5.97 Å². The minimum atomic E-state index is -0.409. The second-order valence-electron chi connectivity index (χ2n) is 3.72. The van der Waals surface area contributed by atoms with E-state index in [1.54, 1.807) is 11.3 Å². The lowest BCUT2D eigenvalue weighted by Gasteiger charge is -2.36. The molecule has 1 aliphatic rings. The number of carbonyl (C=O) groups is 1. The van der Waals surface area contributed by atoms with E-state index in [1.807, 2.05) is 12.3 Å². The van der Waals surface area contributed by atoms with Gasteiger partial charge in [-0.2, -0.15) is 0 Å². The summed E-state index contributed by atoms with van der Waals surface area (Å²) in [4.78, 5) is 16.1. The Kier molecular flexibility index (Phi) is 2.31. The summed E-state index contributed by atoms with van der Waals surface area (Å²) in [7, 11) is 1.45. The predicted octanol–water partition coefficient (Wildman–Crippen LogP) is 2.05. The highest BCUT2D eigenvalue weighted by molar-refractivity contribution is 7.10. The van der Waals surface area contributed by atoms with Crippen LogP contribution in [0.4, 0.5) is 0 Å². The molecule has 0 atom stereocenters. The van der Waals surface area contributed by atoms with Crippen molar-refractivity contribution in [2.24, 2.45) is 0 Å². The standard InChI is InChI=1S/C10H13NO2S/c1-7-6-14-8(11-7)10(4-3-5-10)9(12)13-2/h6H,3-5H2,1-2H3. The average molecular weight is 211 g/mol. The largest absolute Gasteiger partial charge is 0.468 e. The van der Waals surface area contributed by atoms with Crippen LogP contribution in [0.3, 0.4) is 0 Å². The maximum absolute atomic E-state index is 11.7. The molecule has 4 heteroatoms. The molecule has 1 heterocycles. The van der Waals surface area contributed by atoms with E-state index >= 15 is 0 Å². The highest BCUT2D eigenvalue weighted by Gasteiger charge is 2.49.